The highest BCUT2D eigenvalue weighted by molar-refractivity contribution is 5.84. The van der Waals surface area contributed by atoms with Gasteiger partial charge in [-0.1, -0.05) is 13.8 Å². The number of aryl methyl sites for hydroxylation is 2. The number of Topliss-reactive ketones (excluding diaryl/α,β-unsaturated/α-hetero) is 1. The van der Waals surface area contributed by atoms with Crippen LogP contribution in [-0.4, -0.2) is 41.4 Å². The third-order valence-corrected chi connectivity index (χ3v) is 4.08. The van der Waals surface area contributed by atoms with Crippen molar-refractivity contribution in [3.8, 4) is 0 Å². The third kappa shape index (κ3) is 3.92. The summed E-state index contributed by atoms with van der Waals surface area (Å²) in [6.07, 6.45) is 2.43. The van der Waals surface area contributed by atoms with E-state index in [9.17, 15) is 4.79 Å². The van der Waals surface area contributed by atoms with E-state index in [1.54, 1.807) is 0 Å². The molecule has 0 aliphatic carbocycles. The molecule has 0 saturated carbocycles. The first-order valence-corrected chi connectivity index (χ1v) is 8.08. The summed E-state index contributed by atoms with van der Waals surface area (Å²) in [4.78, 5) is 12.6. The second-order valence-electron chi connectivity index (χ2n) is 5.64. The monoisotopic (exact) mass is 293 g/mol. The van der Waals surface area contributed by atoms with Gasteiger partial charge in [-0.25, -0.2) is 0 Å². The Morgan fingerprint density at radius 3 is 2.90 bits per heavy atom. The van der Waals surface area contributed by atoms with E-state index in [2.05, 4.69) is 37.3 Å². The van der Waals surface area contributed by atoms with E-state index < -0.39 is 0 Å². The zero-order valence-electron chi connectivity index (χ0n) is 13.4. The molecule has 1 saturated heterocycles. The van der Waals surface area contributed by atoms with Gasteiger partial charge in [0.2, 0.25) is 0 Å². The Balaban J connectivity index is 2.01. The molecule has 0 bridgehead atoms. The summed E-state index contributed by atoms with van der Waals surface area (Å²) >= 11 is 0. The van der Waals surface area contributed by atoms with Gasteiger partial charge >= 0.3 is 0 Å². The minimum atomic E-state index is -0.0261. The maximum atomic E-state index is 12.6. The van der Waals surface area contributed by atoms with Crippen molar-refractivity contribution in [1.29, 1.82) is 0 Å². The quantitative estimate of drug-likeness (QED) is 0.791. The highest BCUT2D eigenvalue weighted by atomic mass is 16.5. The van der Waals surface area contributed by atoms with Gasteiger partial charge in [0.15, 0.2) is 0 Å². The highest BCUT2D eigenvalue weighted by Crippen LogP contribution is 2.18. The largest absolute Gasteiger partial charge is 0.379 e. The summed E-state index contributed by atoms with van der Waals surface area (Å²) in [7, 11) is 0. The van der Waals surface area contributed by atoms with Gasteiger partial charge in [0.05, 0.1) is 24.8 Å². The molecule has 2 rings (SSSR count). The van der Waals surface area contributed by atoms with Crippen LogP contribution in [0.3, 0.4) is 0 Å². The standard InChI is InChI=1S/C16H27N3O2/c1-4-7-17-15-11-21-10-14(15)16(20)9-13-8-12(5-2)18-19(13)6-3/h8,14-15,17H,4-7,9-11H2,1-3H3. The van der Waals surface area contributed by atoms with E-state index in [1.807, 2.05) is 4.68 Å². The summed E-state index contributed by atoms with van der Waals surface area (Å²) in [5, 5.41) is 7.94. The minimum Gasteiger partial charge on any atom is -0.379 e. The summed E-state index contributed by atoms with van der Waals surface area (Å²) in [5.74, 6) is 0.236. The van der Waals surface area contributed by atoms with Gasteiger partial charge in [0, 0.05) is 24.7 Å². The Bertz CT molecular complexity index is 470. The molecule has 1 aliphatic heterocycles. The molecule has 5 heteroatoms. The molecule has 1 N–H and O–H groups in total. The van der Waals surface area contributed by atoms with E-state index >= 15 is 0 Å². The maximum Gasteiger partial charge on any atom is 0.145 e. The van der Waals surface area contributed by atoms with Crippen LogP contribution >= 0.6 is 0 Å². The van der Waals surface area contributed by atoms with Crippen molar-refractivity contribution in [3.63, 3.8) is 0 Å². The fourth-order valence-corrected chi connectivity index (χ4v) is 2.82. The number of aromatic nitrogens is 2. The van der Waals surface area contributed by atoms with Crippen LogP contribution in [-0.2, 0) is 28.9 Å². The lowest BCUT2D eigenvalue weighted by Gasteiger charge is -2.17. The normalized spacial score (nSPS) is 21.9. The Morgan fingerprint density at radius 1 is 1.43 bits per heavy atom. The van der Waals surface area contributed by atoms with Crippen LogP contribution in [0, 0.1) is 5.92 Å². The Hall–Kier alpha value is -1.20. The minimum absolute atomic E-state index is 0.0261. The first-order chi connectivity index (χ1) is 10.2. The highest BCUT2D eigenvalue weighted by Gasteiger charge is 2.33. The predicted molar refractivity (Wildman–Crippen MR) is 82.4 cm³/mol. The Morgan fingerprint density at radius 2 is 2.24 bits per heavy atom. The van der Waals surface area contributed by atoms with Gasteiger partial charge in [-0.15, -0.1) is 0 Å². The summed E-state index contributed by atoms with van der Waals surface area (Å²) in [5.41, 5.74) is 2.09. The summed E-state index contributed by atoms with van der Waals surface area (Å²) < 4.78 is 7.45. The van der Waals surface area contributed by atoms with Crippen molar-refractivity contribution in [2.45, 2.75) is 52.6 Å². The van der Waals surface area contributed by atoms with Crippen molar-refractivity contribution in [3.05, 3.63) is 17.5 Å². The molecule has 0 spiro atoms. The van der Waals surface area contributed by atoms with Crippen LogP contribution in [0.4, 0.5) is 0 Å². The molecule has 118 valence electrons. The number of hydrogen-bond acceptors (Lipinski definition) is 4. The van der Waals surface area contributed by atoms with Crippen molar-refractivity contribution in [2.24, 2.45) is 5.92 Å². The molecule has 1 aliphatic rings. The molecule has 1 aromatic heterocycles. The van der Waals surface area contributed by atoms with Gasteiger partial charge in [0.1, 0.15) is 5.78 Å². The SMILES string of the molecule is CCCNC1COCC1C(=O)Cc1cc(CC)nn1CC. The van der Waals surface area contributed by atoms with Crippen LogP contribution in [0.5, 0.6) is 0 Å². The van der Waals surface area contributed by atoms with E-state index in [4.69, 9.17) is 4.74 Å². The van der Waals surface area contributed by atoms with E-state index in [0.29, 0.717) is 19.6 Å². The maximum absolute atomic E-state index is 12.6. The molecular formula is C16H27N3O2. The molecule has 0 radical (unpaired) electrons. The zero-order valence-corrected chi connectivity index (χ0v) is 13.4. The topological polar surface area (TPSA) is 56.1 Å². The van der Waals surface area contributed by atoms with Crippen molar-refractivity contribution in [1.82, 2.24) is 15.1 Å². The average Bonchev–Trinajstić information content (AvgIpc) is 3.11. The molecule has 2 unspecified atom stereocenters. The van der Waals surface area contributed by atoms with Crippen LogP contribution in [0.15, 0.2) is 6.07 Å². The van der Waals surface area contributed by atoms with Crippen LogP contribution in [0.25, 0.3) is 0 Å². The lowest BCUT2D eigenvalue weighted by Crippen LogP contribution is -2.40. The van der Waals surface area contributed by atoms with Crippen LogP contribution in [0.2, 0.25) is 0 Å². The molecular weight excluding hydrogens is 266 g/mol. The van der Waals surface area contributed by atoms with Crippen LogP contribution in [0.1, 0.15) is 38.6 Å². The smallest absolute Gasteiger partial charge is 0.145 e. The number of nitrogens with zero attached hydrogens (tertiary/aromatic N) is 2. The molecule has 1 aromatic rings. The van der Waals surface area contributed by atoms with E-state index in [0.717, 1.165) is 37.3 Å². The molecule has 5 nitrogen and oxygen atoms in total. The fraction of sp³-hybridized carbons (Fsp3) is 0.750. The van der Waals surface area contributed by atoms with E-state index in [-0.39, 0.29) is 17.7 Å². The van der Waals surface area contributed by atoms with Crippen molar-refractivity contribution < 1.29 is 9.53 Å². The summed E-state index contributed by atoms with van der Waals surface area (Å²) in [6.45, 7) is 9.20. The predicted octanol–water partition coefficient (Wildman–Crippen LogP) is 1.59. The number of hydrogen-bond donors (Lipinski definition) is 1. The lowest BCUT2D eigenvalue weighted by atomic mass is 9.95. The molecule has 21 heavy (non-hydrogen) atoms. The molecule has 1 fully saturated rings. The third-order valence-electron chi connectivity index (χ3n) is 4.08. The van der Waals surface area contributed by atoms with E-state index in [1.165, 1.54) is 0 Å². The summed E-state index contributed by atoms with van der Waals surface area (Å²) in [6, 6.07) is 2.23. The molecule has 2 heterocycles. The number of carbonyl (C=O) groups is 1. The second-order valence-corrected chi connectivity index (χ2v) is 5.64. The van der Waals surface area contributed by atoms with Crippen molar-refractivity contribution >= 4 is 5.78 Å². The number of ketones is 1. The first kappa shape index (κ1) is 16.2. The average molecular weight is 293 g/mol. The molecule has 2 atom stereocenters. The first-order valence-electron chi connectivity index (χ1n) is 8.08. The van der Waals surface area contributed by atoms with Crippen LogP contribution < -0.4 is 5.32 Å². The molecule has 0 amide bonds. The molecule has 0 aromatic carbocycles. The van der Waals surface area contributed by atoms with Gasteiger partial charge in [-0.2, -0.15) is 5.10 Å². The van der Waals surface area contributed by atoms with Gasteiger partial charge in [-0.05, 0) is 32.4 Å². The van der Waals surface area contributed by atoms with Crippen molar-refractivity contribution in [2.75, 3.05) is 19.8 Å². The number of carbonyl (C=O) groups excluding carboxylic acids is 1. The number of ether oxygens (including phenoxy) is 1. The zero-order chi connectivity index (χ0) is 15.2. The van der Waals surface area contributed by atoms with Gasteiger partial charge in [-0.3, -0.25) is 9.48 Å². The Labute approximate surface area is 127 Å². The second kappa shape index (κ2) is 7.71. The fourth-order valence-electron chi connectivity index (χ4n) is 2.82. The number of rotatable bonds is 8. The number of nitrogens with one attached hydrogen (secondary N) is 1. The Kier molecular flexibility index (Phi) is 5.94. The van der Waals surface area contributed by atoms with Gasteiger partial charge < -0.3 is 10.1 Å². The lowest BCUT2D eigenvalue weighted by molar-refractivity contribution is -0.122. The van der Waals surface area contributed by atoms with Gasteiger partial charge in [0.25, 0.3) is 0 Å².